The maximum absolute atomic E-state index is 5.78. The zero-order valence-electron chi connectivity index (χ0n) is 10.7. The highest BCUT2D eigenvalue weighted by atomic mass is 14.9. The van der Waals surface area contributed by atoms with Crippen molar-refractivity contribution in [2.24, 2.45) is 11.1 Å². The molecule has 0 spiro atoms. The summed E-state index contributed by atoms with van der Waals surface area (Å²) < 4.78 is 0. The van der Waals surface area contributed by atoms with Crippen molar-refractivity contribution in [1.82, 2.24) is 5.32 Å². The standard InChI is InChI=1S/C14H24N2/c1-14(2,3)9-13(10-15)16-11-12-7-5-4-6-8-12/h4-8,13,16H,9-11,15H2,1-3H3. The molecule has 2 nitrogen and oxygen atoms in total. The molecule has 1 rings (SSSR count). The Kier molecular flexibility index (Phi) is 4.97. The van der Waals surface area contributed by atoms with E-state index in [1.807, 2.05) is 6.07 Å². The molecule has 0 aliphatic carbocycles. The summed E-state index contributed by atoms with van der Waals surface area (Å²) in [6, 6.07) is 10.9. The zero-order chi connectivity index (χ0) is 12.0. The Hall–Kier alpha value is -0.860. The minimum absolute atomic E-state index is 0.327. The van der Waals surface area contributed by atoms with Crippen LogP contribution in [0.15, 0.2) is 30.3 Å². The van der Waals surface area contributed by atoms with E-state index in [-0.39, 0.29) is 0 Å². The maximum Gasteiger partial charge on any atom is 0.0208 e. The van der Waals surface area contributed by atoms with Gasteiger partial charge in [-0.05, 0) is 17.4 Å². The number of nitrogens with two attached hydrogens (primary N) is 1. The predicted octanol–water partition coefficient (Wildman–Crippen LogP) is 2.54. The Labute approximate surface area is 99.2 Å². The molecular formula is C14H24N2. The van der Waals surface area contributed by atoms with E-state index in [1.165, 1.54) is 5.56 Å². The highest BCUT2D eigenvalue weighted by Gasteiger charge is 2.16. The Morgan fingerprint density at radius 3 is 2.31 bits per heavy atom. The predicted molar refractivity (Wildman–Crippen MR) is 70.2 cm³/mol. The van der Waals surface area contributed by atoms with Crippen molar-refractivity contribution in [3.05, 3.63) is 35.9 Å². The van der Waals surface area contributed by atoms with Crippen molar-refractivity contribution in [2.45, 2.75) is 39.8 Å². The van der Waals surface area contributed by atoms with Crippen LogP contribution in [0.2, 0.25) is 0 Å². The second kappa shape index (κ2) is 6.02. The largest absolute Gasteiger partial charge is 0.329 e. The molecule has 0 bridgehead atoms. The van der Waals surface area contributed by atoms with Crippen molar-refractivity contribution >= 4 is 0 Å². The van der Waals surface area contributed by atoms with Gasteiger partial charge in [0.1, 0.15) is 0 Å². The summed E-state index contributed by atoms with van der Waals surface area (Å²) in [7, 11) is 0. The summed E-state index contributed by atoms with van der Waals surface area (Å²) >= 11 is 0. The van der Waals surface area contributed by atoms with Crippen molar-refractivity contribution in [3.63, 3.8) is 0 Å². The first-order chi connectivity index (χ1) is 7.51. The third-order valence-corrected chi connectivity index (χ3v) is 2.58. The fourth-order valence-electron chi connectivity index (χ4n) is 1.84. The number of rotatable bonds is 5. The van der Waals surface area contributed by atoms with Gasteiger partial charge in [-0.3, -0.25) is 0 Å². The first-order valence-electron chi connectivity index (χ1n) is 5.98. The average Bonchev–Trinajstić information content (AvgIpc) is 2.24. The van der Waals surface area contributed by atoms with Crippen LogP contribution in [-0.4, -0.2) is 12.6 Å². The van der Waals surface area contributed by atoms with Gasteiger partial charge in [0.2, 0.25) is 0 Å². The Balaban J connectivity index is 2.40. The zero-order valence-corrected chi connectivity index (χ0v) is 10.7. The van der Waals surface area contributed by atoms with Crippen LogP contribution in [0.3, 0.4) is 0 Å². The quantitative estimate of drug-likeness (QED) is 0.800. The van der Waals surface area contributed by atoms with Crippen LogP contribution in [0.25, 0.3) is 0 Å². The molecule has 0 heterocycles. The van der Waals surface area contributed by atoms with Gasteiger partial charge in [0, 0.05) is 19.1 Å². The molecule has 0 saturated carbocycles. The summed E-state index contributed by atoms with van der Waals surface area (Å²) in [6.07, 6.45) is 1.11. The van der Waals surface area contributed by atoms with Crippen molar-refractivity contribution in [3.8, 4) is 0 Å². The molecule has 3 N–H and O–H groups in total. The van der Waals surface area contributed by atoms with Crippen LogP contribution in [0, 0.1) is 5.41 Å². The molecule has 1 aromatic carbocycles. The van der Waals surface area contributed by atoms with Gasteiger partial charge >= 0.3 is 0 Å². The summed E-state index contributed by atoms with van der Waals surface area (Å²) in [5.41, 5.74) is 7.42. The topological polar surface area (TPSA) is 38.0 Å². The number of hydrogen-bond donors (Lipinski definition) is 2. The second-order valence-electron chi connectivity index (χ2n) is 5.56. The van der Waals surface area contributed by atoms with Crippen molar-refractivity contribution in [2.75, 3.05) is 6.54 Å². The molecule has 0 aliphatic heterocycles. The Morgan fingerprint density at radius 2 is 1.81 bits per heavy atom. The lowest BCUT2D eigenvalue weighted by molar-refractivity contribution is 0.310. The minimum Gasteiger partial charge on any atom is -0.329 e. The third kappa shape index (κ3) is 5.29. The molecule has 0 amide bonds. The van der Waals surface area contributed by atoms with Gasteiger partial charge in [-0.15, -0.1) is 0 Å². The summed E-state index contributed by atoms with van der Waals surface area (Å²) in [6.45, 7) is 8.35. The molecule has 0 saturated heterocycles. The molecule has 1 atom stereocenters. The molecule has 90 valence electrons. The molecule has 1 aromatic rings. The number of hydrogen-bond acceptors (Lipinski definition) is 2. The third-order valence-electron chi connectivity index (χ3n) is 2.58. The SMILES string of the molecule is CC(C)(C)CC(CN)NCc1ccccc1. The van der Waals surface area contributed by atoms with E-state index < -0.39 is 0 Å². The van der Waals surface area contributed by atoms with Crippen molar-refractivity contribution < 1.29 is 0 Å². The minimum atomic E-state index is 0.327. The van der Waals surface area contributed by atoms with Crippen molar-refractivity contribution in [1.29, 1.82) is 0 Å². The van der Waals surface area contributed by atoms with Crippen LogP contribution < -0.4 is 11.1 Å². The Bertz CT molecular complexity index is 287. The molecule has 0 fully saturated rings. The maximum atomic E-state index is 5.78. The lowest BCUT2D eigenvalue weighted by atomic mass is 9.88. The first kappa shape index (κ1) is 13.2. The number of benzene rings is 1. The lowest BCUT2D eigenvalue weighted by Crippen LogP contribution is -2.38. The molecular weight excluding hydrogens is 196 g/mol. The van der Waals surface area contributed by atoms with Gasteiger partial charge in [-0.25, -0.2) is 0 Å². The summed E-state index contributed by atoms with van der Waals surface area (Å²) in [4.78, 5) is 0. The summed E-state index contributed by atoms with van der Waals surface area (Å²) in [5.74, 6) is 0. The fraction of sp³-hybridized carbons (Fsp3) is 0.571. The van der Waals surface area contributed by atoms with Gasteiger partial charge in [0.25, 0.3) is 0 Å². The highest BCUT2D eigenvalue weighted by Crippen LogP contribution is 2.20. The normalized spacial score (nSPS) is 13.8. The monoisotopic (exact) mass is 220 g/mol. The van der Waals surface area contributed by atoms with E-state index >= 15 is 0 Å². The van der Waals surface area contributed by atoms with Gasteiger partial charge in [-0.1, -0.05) is 51.1 Å². The molecule has 0 radical (unpaired) electrons. The van der Waals surface area contributed by atoms with Crippen LogP contribution in [0.5, 0.6) is 0 Å². The lowest BCUT2D eigenvalue weighted by Gasteiger charge is -2.26. The average molecular weight is 220 g/mol. The van der Waals surface area contributed by atoms with Crippen LogP contribution in [0.1, 0.15) is 32.8 Å². The van der Waals surface area contributed by atoms with E-state index in [2.05, 4.69) is 50.4 Å². The van der Waals surface area contributed by atoms with E-state index in [1.54, 1.807) is 0 Å². The number of nitrogens with one attached hydrogen (secondary N) is 1. The second-order valence-corrected chi connectivity index (χ2v) is 5.56. The molecule has 16 heavy (non-hydrogen) atoms. The van der Waals surface area contributed by atoms with E-state index in [0.717, 1.165) is 13.0 Å². The molecule has 1 unspecified atom stereocenters. The first-order valence-corrected chi connectivity index (χ1v) is 5.98. The molecule has 2 heteroatoms. The van der Waals surface area contributed by atoms with Gasteiger partial charge in [0.05, 0.1) is 0 Å². The summed E-state index contributed by atoms with van der Waals surface area (Å²) in [5, 5.41) is 3.52. The Morgan fingerprint density at radius 1 is 1.19 bits per heavy atom. The van der Waals surface area contributed by atoms with Crippen LogP contribution in [0.4, 0.5) is 0 Å². The smallest absolute Gasteiger partial charge is 0.0208 e. The van der Waals surface area contributed by atoms with Crippen LogP contribution in [-0.2, 0) is 6.54 Å². The van der Waals surface area contributed by atoms with E-state index in [9.17, 15) is 0 Å². The molecule has 0 aromatic heterocycles. The van der Waals surface area contributed by atoms with Gasteiger partial charge < -0.3 is 11.1 Å². The highest BCUT2D eigenvalue weighted by molar-refractivity contribution is 5.14. The van der Waals surface area contributed by atoms with Gasteiger partial charge in [0.15, 0.2) is 0 Å². The van der Waals surface area contributed by atoms with Crippen LogP contribution >= 0.6 is 0 Å². The van der Waals surface area contributed by atoms with E-state index in [0.29, 0.717) is 18.0 Å². The van der Waals surface area contributed by atoms with Gasteiger partial charge in [-0.2, -0.15) is 0 Å². The molecule has 0 aliphatic rings. The fourth-order valence-corrected chi connectivity index (χ4v) is 1.84. The van der Waals surface area contributed by atoms with E-state index in [4.69, 9.17) is 5.73 Å².